The highest BCUT2D eigenvalue weighted by Gasteiger charge is 2.21. The summed E-state index contributed by atoms with van der Waals surface area (Å²) in [6.45, 7) is 1.40. The van der Waals surface area contributed by atoms with Crippen molar-refractivity contribution in [3.63, 3.8) is 0 Å². The molecule has 0 unspecified atom stereocenters. The van der Waals surface area contributed by atoms with Gasteiger partial charge in [-0.2, -0.15) is 0 Å². The lowest BCUT2D eigenvalue weighted by Gasteiger charge is -2.09. The first-order chi connectivity index (χ1) is 10.1. The molecule has 2 aromatic rings. The first-order valence-corrected chi connectivity index (χ1v) is 6.38. The second kappa shape index (κ2) is 6.13. The molecule has 0 aliphatic rings. The van der Waals surface area contributed by atoms with E-state index in [0.29, 0.717) is 5.56 Å². The molecule has 0 aliphatic carbocycles. The molecule has 0 fully saturated rings. The van der Waals surface area contributed by atoms with E-state index in [4.69, 9.17) is 0 Å². The zero-order valence-electron chi connectivity index (χ0n) is 11.8. The molecule has 2 aromatic carbocycles. The molecule has 21 heavy (non-hydrogen) atoms. The average Bonchev–Trinajstić information content (AvgIpc) is 2.53. The number of hydrogen-bond acceptors (Lipinski definition) is 4. The molecule has 4 heteroatoms. The molecule has 0 aliphatic heterocycles. The molecule has 0 atom stereocenters. The molecular weight excluding hydrogens is 268 g/mol. The Morgan fingerprint density at radius 1 is 0.762 bits per heavy atom. The van der Waals surface area contributed by atoms with Gasteiger partial charge in [-0.1, -0.05) is 42.5 Å². The summed E-state index contributed by atoms with van der Waals surface area (Å²) in [5.41, 5.74) is 1.02. The smallest absolute Gasteiger partial charge is 0.338 e. The summed E-state index contributed by atoms with van der Waals surface area (Å²) < 4.78 is 4.68. The molecular formula is C17H14O4. The lowest BCUT2D eigenvalue weighted by atomic mass is 9.94. The third kappa shape index (κ3) is 2.89. The van der Waals surface area contributed by atoms with Gasteiger partial charge in [0.25, 0.3) is 0 Å². The molecule has 0 N–H and O–H groups in total. The number of esters is 1. The zero-order chi connectivity index (χ0) is 15.4. The molecule has 0 aromatic heterocycles. The van der Waals surface area contributed by atoms with Crippen LogP contribution < -0.4 is 0 Å². The van der Waals surface area contributed by atoms with Crippen LogP contribution in [0.3, 0.4) is 0 Å². The van der Waals surface area contributed by atoms with Crippen LogP contribution in [0.15, 0.2) is 48.5 Å². The number of rotatable bonds is 4. The fraction of sp³-hybridized carbons (Fsp3) is 0.118. The van der Waals surface area contributed by atoms with Gasteiger partial charge in [-0.25, -0.2) is 4.79 Å². The summed E-state index contributed by atoms with van der Waals surface area (Å²) in [5, 5.41) is 0. The van der Waals surface area contributed by atoms with E-state index in [0.717, 1.165) is 0 Å². The monoisotopic (exact) mass is 282 g/mol. The SMILES string of the molecule is COC(=O)c1ccccc1C(=O)c1ccccc1C(C)=O. The summed E-state index contributed by atoms with van der Waals surface area (Å²) in [6.07, 6.45) is 0. The highest BCUT2D eigenvalue weighted by atomic mass is 16.5. The third-order valence-corrected chi connectivity index (χ3v) is 3.13. The van der Waals surface area contributed by atoms with Crippen molar-refractivity contribution in [2.75, 3.05) is 7.11 Å². The van der Waals surface area contributed by atoms with E-state index in [2.05, 4.69) is 4.74 Å². The summed E-state index contributed by atoms with van der Waals surface area (Å²) in [4.78, 5) is 36.0. The minimum atomic E-state index is -0.584. The Balaban J connectivity index is 2.56. The molecule has 4 nitrogen and oxygen atoms in total. The van der Waals surface area contributed by atoms with Crippen LogP contribution in [0.25, 0.3) is 0 Å². The van der Waals surface area contributed by atoms with E-state index in [-0.39, 0.29) is 28.3 Å². The van der Waals surface area contributed by atoms with Gasteiger partial charge in [0.05, 0.1) is 12.7 Å². The summed E-state index contributed by atoms with van der Waals surface area (Å²) in [7, 11) is 1.26. The second-order valence-corrected chi connectivity index (χ2v) is 4.47. The van der Waals surface area contributed by atoms with Crippen LogP contribution >= 0.6 is 0 Å². The van der Waals surface area contributed by atoms with Crippen molar-refractivity contribution in [1.29, 1.82) is 0 Å². The number of carbonyl (C=O) groups is 3. The zero-order valence-corrected chi connectivity index (χ0v) is 11.8. The van der Waals surface area contributed by atoms with Crippen molar-refractivity contribution in [3.05, 3.63) is 70.8 Å². The van der Waals surface area contributed by atoms with Crippen molar-refractivity contribution < 1.29 is 19.1 Å². The molecule has 2 rings (SSSR count). The van der Waals surface area contributed by atoms with Crippen molar-refractivity contribution in [1.82, 2.24) is 0 Å². The van der Waals surface area contributed by atoms with Gasteiger partial charge in [0.1, 0.15) is 0 Å². The Bertz CT molecular complexity index is 716. The van der Waals surface area contributed by atoms with Gasteiger partial charge in [-0.05, 0) is 13.0 Å². The van der Waals surface area contributed by atoms with Gasteiger partial charge >= 0.3 is 5.97 Å². The minimum Gasteiger partial charge on any atom is -0.465 e. The van der Waals surface area contributed by atoms with E-state index in [9.17, 15) is 14.4 Å². The van der Waals surface area contributed by atoms with Crippen LogP contribution in [0, 0.1) is 0 Å². The lowest BCUT2D eigenvalue weighted by Crippen LogP contribution is -2.13. The lowest BCUT2D eigenvalue weighted by molar-refractivity contribution is 0.0597. The van der Waals surface area contributed by atoms with Gasteiger partial charge in [-0.3, -0.25) is 9.59 Å². The number of ketones is 2. The molecule has 0 bridgehead atoms. The fourth-order valence-electron chi connectivity index (χ4n) is 2.10. The number of ether oxygens (including phenoxy) is 1. The maximum Gasteiger partial charge on any atom is 0.338 e. The highest BCUT2D eigenvalue weighted by molar-refractivity contribution is 6.18. The summed E-state index contributed by atoms with van der Waals surface area (Å²) in [5.74, 6) is -1.16. The van der Waals surface area contributed by atoms with E-state index < -0.39 is 5.97 Å². The third-order valence-electron chi connectivity index (χ3n) is 3.13. The highest BCUT2D eigenvalue weighted by Crippen LogP contribution is 2.19. The summed E-state index contributed by atoms with van der Waals surface area (Å²) >= 11 is 0. The molecule has 0 saturated heterocycles. The van der Waals surface area contributed by atoms with Gasteiger partial charge in [0, 0.05) is 16.7 Å². The molecule has 0 spiro atoms. The Morgan fingerprint density at radius 3 is 1.67 bits per heavy atom. The van der Waals surface area contributed by atoms with E-state index >= 15 is 0 Å². The largest absolute Gasteiger partial charge is 0.465 e. The average molecular weight is 282 g/mol. The fourth-order valence-corrected chi connectivity index (χ4v) is 2.10. The predicted molar refractivity (Wildman–Crippen MR) is 77.7 cm³/mol. The second-order valence-electron chi connectivity index (χ2n) is 4.47. The standard InChI is InChI=1S/C17H14O4/c1-11(18)12-7-3-4-8-13(12)16(19)14-9-5-6-10-15(14)17(20)21-2/h3-10H,1-2H3. The van der Waals surface area contributed by atoms with Crippen molar-refractivity contribution in [2.45, 2.75) is 6.92 Å². The molecule has 0 radical (unpaired) electrons. The van der Waals surface area contributed by atoms with E-state index in [1.54, 1.807) is 42.5 Å². The van der Waals surface area contributed by atoms with Crippen LogP contribution in [0.2, 0.25) is 0 Å². The number of methoxy groups -OCH3 is 1. The number of benzene rings is 2. The quantitative estimate of drug-likeness (QED) is 0.639. The molecule has 0 heterocycles. The van der Waals surface area contributed by atoms with E-state index in [1.807, 2.05) is 0 Å². The Kier molecular flexibility index (Phi) is 4.28. The van der Waals surface area contributed by atoms with Crippen LogP contribution in [-0.4, -0.2) is 24.6 Å². The molecule has 0 amide bonds. The number of hydrogen-bond donors (Lipinski definition) is 0. The minimum absolute atomic E-state index is 0.184. The Morgan fingerprint density at radius 2 is 1.19 bits per heavy atom. The first-order valence-electron chi connectivity index (χ1n) is 6.38. The Hall–Kier alpha value is -2.75. The topological polar surface area (TPSA) is 60.4 Å². The van der Waals surface area contributed by atoms with Crippen molar-refractivity contribution in [2.24, 2.45) is 0 Å². The summed E-state index contributed by atoms with van der Waals surface area (Å²) in [6, 6.07) is 12.9. The van der Waals surface area contributed by atoms with Gasteiger partial charge in [-0.15, -0.1) is 0 Å². The van der Waals surface area contributed by atoms with E-state index in [1.165, 1.54) is 20.1 Å². The van der Waals surface area contributed by atoms with Crippen LogP contribution in [0.4, 0.5) is 0 Å². The van der Waals surface area contributed by atoms with Crippen molar-refractivity contribution in [3.8, 4) is 0 Å². The Labute approximate surface area is 122 Å². The van der Waals surface area contributed by atoms with Crippen molar-refractivity contribution >= 4 is 17.5 Å². The molecule has 0 saturated carbocycles. The predicted octanol–water partition coefficient (Wildman–Crippen LogP) is 2.91. The van der Waals surface area contributed by atoms with Gasteiger partial charge < -0.3 is 4.74 Å². The number of carbonyl (C=O) groups excluding carboxylic acids is 3. The maximum absolute atomic E-state index is 12.7. The normalized spacial score (nSPS) is 10.0. The van der Waals surface area contributed by atoms with Crippen LogP contribution in [-0.2, 0) is 4.74 Å². The maximum atomic E-state index is 12.7. The van der Waals surface area contributed by atoms with Crippen LogP contribution in [0.1, 0.15) is 43.6 Å². The molecule has 106 valence electrons. The van der Waals surface area contributed by atoms with Crippen LogP contribution in [0.5, 0.6) is 0 Å². The van der Waals surface area contributed by atoms with Gasteiger partial charge in [0.15, 0.2) is 11.6 Å². The first kappa shape index (κ1) is 14.7. The number of Topliss-reactive ketones (excluding diaryl/α,β-unsaturated/α-hetero) is 1. The van der Waals surface area contributed by atoms with Gasteiger partial charge in [0.2, 0.25) is 0 Å².